The molecule has 2 aromatic carbocycles. The first-order valence-corrected chi connectivity index (χ1v) is 6.43. The van der Waals surface area contributed by atoms with E-state index >= 15 is 0 Å². The number of carbonyl (C=O) groups is 1. The number of hydrogen-bond donors (Lipinski definition) is 3. The van der Waals surface area contributed by atoms with Crippen LogP contribution in [-0.2, 0) is 0 Å². The number of hydrogen-bond acceptors (Lipinski definition) is 3. The van der Waals surface area contributed by atoms with Gasteiger partial charge in [0, 0.05) is 15.8 Å². The van der Waals surface area contributed by atoms with Crippen LogP contribution in [0.25, 0.3) is 0 Å². The predicted molar refractivity (Wildman–Crippen MR) is 79.4 cm³/mol. The van der Waals surface area contributed by atoms with E-state index in [-0.39, 0.29) is 17.2 Å². The Morgan fingerprint density at radius 1 is 1.32 bits per heavy atom. The second-order valence-electron chi connectivity index (χ2n) is 4.14. The predicted octanol–water partition coefficient (Wildman–Crippen LogP) is 3.30. The van der Waals surface area contributed by atoms with E-state index in [1.165, 1.54) is 6.07 Å². The minimum atomic E-state index is -0.382. The number of nitrogens with one attached hydrogen (secondary N) is 1. The maximum Gasteiger partial charge on any atom is 0.259 e. The summed E-state index contributed by atoms with van der Waals surface area (Å²) in [6.07, 6.45) is 0. The standard InChI is InChI=1S/C14H13BrN2O2/c1-8-11(16)3-2-4-12(8)17-14(19)10-7-9(15)5-6-13(10)18/h2-7,18H,16H2,1H3,(H,17,19). The highest BCUT2D eigenvalue weighted by Crippen LogP contribution is 2.25. The van der Waals surface area contributed by atoms with E-state index < -0.39 is 0 Å². The molecule has 2 rings (SSSR count). The van der Waals surface area contributed by atoms with Gasteiger partial charge >= 0.3 is 0 Å². The van der Waals surface area contributed by atoms with Gasteiger partial charge in [0.15, 0.2) is 0 Å². The summed E-state index contributed by atoms with van der Waals surface area (Å²) in [6.45, 7) is 1.83. The molecule has 4 nitrogen and oxygen atoms in total. The SMILES string of the molecule is Cc1c(N)cccc1NC(=O)c1cc(Br)ccc1O. The number of halogens is 1. The molecule has 2 aromatic rings. The van der Waals surface area contributed by atoms with Gasteiger partial charge in [0.2, 0.25) is 0 Å². The van der Waals surface area contributed by atoms with Crippen LogP contribution in [0.3, 0.4) is 0 Å². The molecule has 5 heteroatoms. The van der Waals surface area contributed by atoms with Crippen molar-refractivity contribution >= 4 is 33.2 Å². The van der Waals surface area contributed by atoms with Crippen molar-refractivity contribution in [2.45, 2.75) is 6.92 Å². The molecule has 1 amide bonds. The Labute approximate surface area is 119 Å². The summed E-state index contributed by atoms with van der Waals surface area (Å²) in [5.74, 6) is -0.449. The van der Waals surface area contributed by atoms with E-state index in [4.69, 9.17) is 5.73 Å². The molecule has 0 aliphatic heterocycles. The molecule has 0 fully saturated rings. The number of rotatable bonds is 2. The molecule has 0 aliphatic carbocycles. The summed E-state index contributed by atoms with van der Waals surface area (Å²) in [5, 5.41) is 12.4. The van der Waals surface area contributed by atoms with Crippen LogP contribution in [0.2, 0.25) is 0 Å². The van der Waals surface area contributed by atoms with Crippen molar-refractivity contribution in [3.63, 3.8) is 0 Å². The molecule has 0 saturated carbocycles. The van der Waals surface area contributed by atoms with Gasteiger partial charge in [0.25, 0.3) is 5.91 Å². The zero-order valence-electron chi connectivity index (χ0n) is 10.3. The Kier molecular flexibility index (Phi) is 3.76. The normalized spacial score (nSPS) is 10.2. The minimum absolute atomic E-state index is 0.0674. The maximum atomic E-state index is 12.1. The summed E-state index contributed by atoms with van der Waals surface area (Å²) in [6, 6.07) is 9.98. The first-order valence-electron chi connectivity index (χ1n) is 5.64. The van der Waals surface area contributed by atoms with E-state index in [1.54, 1.807) is 30.3 Å². The van der Waals surface area contributed by atoms with Crippen LogP contribution < -0.4 is 11.1 Å². The number of nitrogen functional groups attached to an aromatic ring is 1. The fourth-order valence-corrected chi connectivity index (χ4v) is 2.03. The highest BCUT2D eigenvalue weighted by Gasteiger charge is 2.13. The third kappa shape index (κ3) is 2.88. The van der Waals surface area contributed by atoms with Gasteiger partial charge in [-0.2, -0.15) is 0 Å². The number of aromatic hydroxyl groups is 1. The molecular weight excluding hydrogens is 308 g/mol. The van der Waals surface area contributed by atoms with Crippen LogP contribution >= 0.6 is 15.9 Å². The second kappa shape index (κ2) is 5.32. The number of anilines is 2. The highest BCUT2D eigenvalue weighted by molar-refractivity contribution is 9.10. The van der Waals surface area contributed by atoms with Gasteiger partial charge < -0.3 is 16.2 Å². The van der Waals surface area contributed by atoms with Gasteiger partial charge in [-0.15, -0.1) is 0 Å². The van der Waals surface area contributed by atoms with Gasteiger partial charge in [-0.05, 0) is 42.8 Å². The van der Waals surface area contributed by atoms with Crippen LogP contribution in [-0.4, -0.2) is 11.0 Å². The van der Waals surface area contributed by atoms with Crippen LogP contribution in [0.1, 0.15) is 15.9 Å². The second-order valence-corrected chi connectivity index (χ2v) is 5.05. The van der Waals surface area contributed by atoms with Gasteiger partial charge in [-0.3, -0.25) is 4.79 Å². The lowest BCUT2D eigenvalue weighted by Crippen LogP contribution is -2.13. The van der Waals surface area contributed by atoms with Gasteiger partial charge in [-0.1, -0.05) is 22.0 Å². The fraction of sp³-hybridized carbons (Fsp3) is 0.0714. The molecule has 19 heavy (non-hydrogen) atoms. The summed E-state index contributed by atoms with van der Waals surface area (Å²) in [5.41, 5.74) is 8.02. The summed E-state index contributed by atoms with van der Waals surface area (Å²) in [7, 11) is 0. The summed E-state index contributed by atoms with van der Waals surface area (Å²) in [4.78, 5) is 12.1. The lowest BCUT2D eigenvalue weighted by Gasteiger charge is -2.11. The number of amides is 1. The molecule has 0 saturated heterocycles. The van der Waals surface area contributed by atoms with Crippen molar-refractivity contribution < 1.29 is 9.90 Å². The molecular formula is C14H13BrN2O2. The van der Waals surface area contributed by atoms with E-state index in [1.807, 2.05) is 6.92 Å². The van der Waals surface area contributed by atoms with Gasteiger partial charge in [-0.25, -0.2) is 0 Å². The fourth-order valence-electron chi connectivity index (χ4n) is 1.67. The Bertz CT molecular complexity index is 641. The molecule has 0 atom stereocenters. The molecule has 98 valence electrons. The Morgan fingerprint density at radius 2 is 2.05 bits per heavy atom. The molecule has 0 aromatic heterocycles. The molecule has 0 bridgehead atoms. The Morgan fingerprint density at radius 3 is 2.79 bits per heavy atom. The van der Waals surface area contributed by atoms with Crippen molar-refractivity contribution in [2.24, 2.45) is 0 Å². The van der Waals surface area contributed by atoms with E-state index in [0.717, 1.165) is 10.0 Å². The van der Waals surface area contributed by atoms with Crippen LogP contribution in [0.15, 0.2) is 40.9 Å². The third-order valence-electron chi connectivity index (χ3n) is 2.83. The maximum absolute atomic E-state index is 12.1. The van der Waals surface area contributed by atoms with Crippen molar-refractivity contribution in [2.75, 3.05) is 11.1 Å². The zero-order valence-corrected chi connectivity index (χ0v) is 11.9. The Hall–Kier alpha value is -2.01. The number of nitrogens with two attached hydrogens (primary N) is 1. The molecule has 0 unspecified atom stereocenters. The Balaban J connectivity index is 2.31. The molecule has 0 radical (unpaired) electrons. The van der Waals surface area contributed by atoms with Crippen molar-refractivity contribution in [1.82, 2.24) is 0 Å². The lowest BCUT2D eigenvalue weighted by atomic mass is 10.1. The molecule has 0 aliphatic rings. The average Bonchev–Trinajstić information content (AvgIpc) is 2.38. The molecule has 0 spiro atoms. The van der Waals surface area contributed by atoms with Crippen LogP contribution in [0, 0.1) is 6.92 Å². The summed E-state index contributed by atoms with van der Waals surface area (Å²) < 4.78 is 0.722. The topological polar surface area (TPSA) is 75.3 Å². The average molecular weight is 321 g/mol. The highest BCUT2D eigenvalue weighted by atomic mass is 79.9. The number of phenols is 1. The van der Waals surface area contributed by atoms with Crippen LogP contribution in [0.5, 0.6) is 5.75 Å². The van der Waals surface area contributed by atoms with E-state index in [0.29, 0.717) is 11.4 Å². The largest absolute Gasteiger partial charge is 0.507 e. The quantitative estimate of drug-likeness (QED) is 0.743. The first-order chi connectivity index (χ1) is 8.99. The number of phenolic OH excluding ortho intramolecular Hbond substituents is 1. The van der Waals surface area contributed by atoms with Gasteiger partial charge in [0.05, 0.1) is 5.56 Å². The number of benzene rings is 2. The monoisotopic (exact) mass is 320 g/mol. The lowest BCUT2D eigenvalue weighted by molar-refractivity contribution is 0.102. The van der Waals surface area contributed by atoms with Gasteiger partial charge in [0.1, 0.15) is 5.75 Å². The summed E-state index contributed by atoms with van der Waals surface area (Å²) >= 11 is 3.27. The van der Waals surface area contributed by atoms with E-state index in [9.17, 15) is 9.90 Å². The molecule has 4 N–H and O–H groups in total. The van der Waals surface area contributed by atoms with Crippen molar-refractivity contribution in [3.05, 3.63) is 52.0 Å². The first kappa shape index (κ1) is 13.4. The number of carbonyl (C=O) groups excluding carboxylic acids is 1. The smallest absolute Gasteiger partial charge is 0.259 e. The van der Waals surface area contributed by atoms with Crippen molar-refractivity contribution in [1.29, 1.82) is 0 Å². The van der Waals surface area contributed by atoms with Crippen LogP contribution in [0.4, 0.5) is 11.4 Å². The third-order valence-corrected chi connectivity index (χ3v) is 3.32. The molecule has 0 heterocycles. The van der Waals surface area contributed by atoms with Crippen molar-refractivity contribution in [3.8, 4) is 5.75 Å². The van der Waals surface area contributed by atoms with E-state index in [2.05, 4.69) is 21.2 Å². The minimum Gasteiger partial charge on any atom is -0.507 e. The zero-order chi connectivity index (χ0) is 14.0.